The lowest BCUT2D eigenvalue weighted by Gasteiger charge is -2.31. The summed E-state index contributed by atoms with van der Waals surface area (Å²) in [5.41, 5.74) is 16.5. The van der Waals surface area contributed by atoms with Gasteiger partial charge in [-0.3, -0.25) is 9.98 Å². The Kier molecular flexibility index (Phi) is 4.02. The molecule has 5 heteroatoms. The fourth-order valence-corrected chi connectivity index (χ4v) is 3.18. The summed E-state index contributed by atoms with van der Waals surface area (Å²) in [6.45, 7) is 0.759. The molecule has 2 aromatic rings. The number of rotatable bonds is 5. The van der Waals surface area contributed by atoms with Crippen LogP contribution in [0.1, 0.15) is 31.4 Å². The second-order valence-electron chi connectivity index (χ2n) is 6.89. The van der Waals surface area contributed by atoms with Crippen molar-refractivity contribution in [3.05, 3.63) is 41.9 Å². The highest BCUT2D eigenvalue weighted by atomic mass is 14.8. The molecular weight excluding hydrogens is 298 g/mol. The molecule has 1 aromatic carbocycles. The van der Waals surface area contributed by atoms with Crippen LogP contribution in [0.2, 0.25) is 0 Å². The highest BCUT2D eigenvalue weighted by Gasteiger charge is 2.29. The van der Waals surface area contributed by atoms with Crippen LogP contribution >= 0.6 is 0 Å². The molecule has 1 heterocycles. The molecule has 0 bridgehead atoms. The zero-order valence-corrected chi connectivity index (χ0v) is 13.7. The van der Waals surface area contributed by atoms with E-state index in [1.165, 1.54) is 0 Å². The summed E-state index contributed by atoms with van der Waals surface area (Å²) in [5, 5.41) is 0. The summed E-state index contributed by atoms with van der Waals surface area (Å²) in [6, 6.07) is 8.26. The Bertz CT molecular complexity index is 800. The molecule has 0 unspecified atom stereocenters. The van der Waals surface area contributed by atoms with Crippen molar-refractivity contribution in [1.82, 2.24) is 9.97 Å². The van der Waals surface area contributed by atoms with E-state index in [4.69, 9.17) is 21.4 Å². The standard InChI is InChI=1S/C19H23N5/c20-9-12-7-14(8-12)22-10-15(19(21)13-5-6-13)18-11-23-16-3-1-2-4-17(16)24-18/h1-4,10-14H,5-9,20-21H2. The highest BCUT2D eigenvalue weighted by Crippen LogP contribution is 2.37. The molecule has 2 saturated carbocycles. The van der Waals surface area contributed by atoms with Crippen molar-refractivity contribution >= 4 is 22.8 Å². The Labute approximate surface area is 141 Å². The maximum absolute atomic E-state index is 6.40. The average molecular weight is 321 g/mol. The summed E-state index contributed by atoms with van der Waals surface area (Å²) in [4.78, 5) is 14.0. The van der Waals surface area contributed by atoms with E-state index in [9.17, 15) is 0 Å². The van der Waals surface area contributed by atoms with E-state index >= 15 is 0 Å². The van der Waals surface area contributed by atoms with Gasteiger partial charge in [0.1, 0.15) is 0 Å². The van der Waals surface area contributed by atoms with Crippen molar-refractivity contribution in [3.8, 4) is 0 Å². The third-order valence-corrected chi connectivity index (χ3v) is 5.01. The van der Waals surface area contributed by atoms with Crippen molar-refractivity contribution in [2.75, 3.05) is 6.54 Å². The number of hydrogen-bond donors (Lipinski definition) is 2. The predicted molar refractivity (Wildman–Crippen MR) is 97.4 cm³/mol. The molecule has 0 aliphatic heterocycles. The van der Waals surface area contributed by atoms with Gasteiger partial charge in [0.25, 0.3) is 0 Å². The highest BCUT2D eigenvalue weighted by molar-refractivity contribution is 6.10. The van der Waals surface area contributed by atoms with Gasteiger partial charge in [-0.25, -0.2) is 4.98 Å². The molecule has 0 atom stereocenters. The first-order valence-electron chi connectivity index (χ1n) is 8.69. The normalized spacial score (nSPS) is 24.9. The number of nitrogens with two attached hydrogens (primary N) is 2. The maximum atomic E-state index is 6.40. The number of fused-ring (bicyclic) bond motifs is 1. The van der Waals surface area contributed by atoms with Crippen molar-refractivity contribution in [2.45, 2.75) is 31.7 Å². The average Bonchev–Trinajstić information content (AvgIpc) is 3.41. The molecular formula is C19H23N5. The van der Waals surface area contributed by atoms with E-state index in [1.807, 2.05) is 36.7 Å². The van der Waals surface area contributed by atoms with Gasteiger partial charge in [-0.2, -0.15) is 0 Å². The molecule has 2 aliphatic rings. The lowest BCUT2D eigenvalue weighted by molar-refractivity contribution is 0.276. The SMILES string of the molecule is NCC1CC(N=CC(=C(N)C2CC2)c2cnc3ccccc3n2)C1. The largest absolute Gasteiger partial charge is 0.401 e. The van der Waals surface area contributed by atoms with Crippen LogP contribution < -0.4 is 11.5 Å². The van der Waals surface area contributed by atoms with Crippen molar-refractivity contribution in [3.63, 3.8) is 0 Å². The Hall–Kier alpha value is -2.27. The van der Waals surface area contributed by atoms with Crippen LogP contribution in [0.25, 0.3) is 16.6 Å². The van der Waals surface area contributed by atoms with Crippen LogP contribution in [-0.2, 0) is 0 Å². The third kappa shape index (κ3) is 3.04. The van der Waals surface area contributed by atoms with Gasteiger partial charge in [-0.15, -0.1) is 0 Å². The van der Waals surface area contributed by atoms with E-state index < -0.39 is 0 Å². The Morgan fingerprint density at radius 1 is 1.21 bits per heavy atom. The minimum atomic E-state index is 0.369. The van der Waals surface area contributed by atoms with E-state index in [-0.39, 0.29) is 0 Å². The molecule has 0 radical (unpaired) electrons. The topological polar surface area (TPSA) is 90.2 Å². The molecule has 4 rings (SSSR count). The number of aliphatic imine (C=N–C) groups is 1. The first-order chi connectivity index (χ1) is 11.7. The fourth-order valence-electron chi connectivity index (χ4n) is 3.18. The quantitative estimate of drug-likeness (QED) is 0.828. The lowest BCUT2D eigenvalue weighted by atomic mass is 9.81. The van der Waals surface area contributed by atoms with E-state index in [0.29, 0.717) is 17.9 Å². The van der Waals surface area contributed by atoms with E-state index in [1.54, 1.807) is 0 Å². The molecule has 0 amide bonds. The molecule has 2 aliphatic carbocycles. The van der Waals surface area contributed by atoms with Gasteiger partial charge in [0.05, 0.1) is 29.0 Å². The molecule has 0 saturated heterocycles. The van der Waals surface area contributed by atoms with Crippen LogP contribution in [0.15, 0.2) is 41.2 Å². The van der Waals surface area contributed by atoms with Gasteiger partial charge in [-0.1, -0.05) is 12.1 Å². The summed E-state index contributed by atoms with van der Waals surface area (Å²) in [6.07, 6.45) is 8.19. The first kappa shape index (κ1) is 15.3. The second-order valence-corrected chi connectivity index (χ2v) is 6.89. The third-order valence-electron chi connectivity index (χ3n) is 5.01. The zero-order valence-electron chi connectivity index (χ0n) is 13.7. The van der Waals surface area contributed by atoms with E-state index in [0.717, 1.165) is 60.2 Å². The fraction of sp³-hybridized carbons (Fsp3) is 0.421. The van der Waals surface area contributed by atoms with Gasteiger partial charge in [0.15, 0.2) is 0 Å². The Balaban J connectivity index is 1.65. The minimum absolute atomic E-state index is 0.369. The van der Waals surface area contributed by atoms with Gasteiger partial charge < -0.3 is 11.5 Å². The van der Waals surface area contributed by atoms with Crippen LogP contribution in [-0.4, -0.2) is 28.8 Å². The first-order valence-corrected chi connectivity index (χ1v) is 8.69. The van der Waals surface area contributed by atoms with Crippen LogP contribution in [0, 0.1) is 11.8 Å². The minimum Gasteiger partial charge on any atom is -0.401 e. The number of aromatic nitrogens is 2. The lowest BCUT2D eigenvalue weighted by Crippen LogP contribution is -2.32. The number of para-hydroxylation sites is 2. The molecule has 0 spiro atoms. The van der Waals surface area contributed by atoms with Crippen LogP contribution in [0.4, 0.5) is 0 Å². The zero-order chi connectivity index (χ0) is 16.5. The predicted octanol–water partition coefficient (Wildman–Crippen LogP) is 2.52. The monoisotopic (exact) mass is 321 g/mol. The second kappa shape index (κ2) is 6.32. The summed E-state index contributed by atoms with van der Waals surface area (Å²) < 4.78 is 0. The van der Waals surface area contributed by atoms with Crippen LogP contribution in [0.3, 0.4) is 0 Å². The summed E-state index contributed by atoms with van der Waals surface area (Å²) in [5.74, 6) is 1.10. The van der Waals surface area contributed by atoms with Crippen molar-refractivity contribution < 1.29 is 0 Å². The number of nitrogens with zero attached hydrogens (tertiary/aromatic N) is 3. The summed E-state index contributed by atoms with van der Waals surface area (Å²) >= 11 is 0. The van der Waals surface area contributed by atoms with Gasteiger partial charge >= 0.3 is 0 Å². The van der Waals surface area contributed by atoms with Crippen molar-refractivity contribution in [2.24, 2.45) is 28.3 Å². The number of benzene rings is 1. The molecule has 2 fully saturated rings. The molecule has 124 valence electrons. The van der Waals surface area contributed by atoms with Crippen LogP contribution in [0.5, 0.6) is 0 Å². The van der Waals surface area contributed by atoms with E-state index in [2.05, 4.69) is 4.98 Å². The van der Waals surface area contributed by atoms with Gasteiger partial charge in [0, 0.05) is 17.5 Å². The number of hydrogen-bond acceptors (Lipinski definition) is 5. The Morgan fingerprint density at radius 3 is 2.67 bits per heavy atom. The molecule has 24 heavy (non-hydrogen) atoms. The van der Waals surface area contributed by atoms with Crippen molar-refractivity contribution in [1.29, 1.82) is 0 Å². The Morgan fingerprint density at radius 2 is 1.96 bits per heavy atom. The molecule has 1 aromatic heterocycles. The molecule has 4 N–H and O–H groups in total. The number of allylic oxidation sites excluding steroid dienone is 2. The molecule has 5 nitrogen and oxygen atoms in total. The summed E-state index contributed by atoms with van der Waals surface area (Å²) in [7, 11) is 0. The van der Waals surface area contributed by atoms with Gasteiger partial charge in [-0.05, 0) is 56.2 Å². The smallest absolute Gasteiger partial charge is 0.0925 e. The van der Waals surface area contributed by atoms with Gasteiger partial charge in [0.2, 0.25) is 0 Å². The maximum Gasteiger partial charge on any atom is 0.0925 e.